The zero-order valence-electron chi connectivity index (χ0n) is 17.6. The number of nitrogens with one attached hydrogen (secondary N) is 3. The predicted octanol–water partition coefficient (Wildman–Crippen LogP) is 5.88. The van der Waals surface area contributed by atoms with Crippen LogP contribution in [0.25, 0.3) is 0 Å². The summed E-state index contributed by atoms with van der Waals surface area (Å²) in [5.41, 5.74) is 5.36. The quantitative estimate of drug-likeness (QED) is 0.344. The first-order valence-corrected chi connectivity index (χ1v) is 10.3. The Kier molecular flexibility index (Phi) is 6.28. The van der Waals surface area contributed by atoms with Crippen LogP contribution >= 0.6 is 11.6 Å². The molecule has 0 aliphatic carbocycles. The van der Waals surface area contributed by atoms with Crippen LogP contribution in [0.4, 0.5) is 28.6 Å². The summed E-state index contributed by atoms with van der Waals surface area (Å²) in [6.07, 6.45) is 4.85. The van der Waals surface area contributed by atoms with Crippen molar-refractivity contribution in [2.24, 2.45) is 0 Å². The van der Waals surface area contributed by atoms with Crippen LogP contribution in [0.5, 0.6) is 0 Å². The number of nitrogens with zero attached hydrogens (tertiary/aromatic N) is 3. The lowest BCUT2D eigenvalue weighted by molar-refractivity contribution is 0.102. The highest BCUT2D eigenvalue weighted by atomic mass is 35.5. The van der Waals surface area contributed by atoms with E-state index in [1.165, 1.54) is 6.20 Å². The number of halogens is 1. The lowest BCUT2D eigenvalue weighted by Gasteiger charge is -2.11. The number of rotatable bonds is 6. The Morgan fingerprint density at radius 3 is 2.38 bits per heavy atom. The second-order valence-corrected chi connectivity index (χ2v) is 7.62. The highest BCUT2D eigenvalue weighted by Crippen LogP contribution is 2.25. The van der Waals surface area contributed by atoms with Crippen molar-refractivity contribution in [3.63, 3.8) is 0 Å². The van der Waals surface area contributed by atoms with E-state index in [1.807, 2.05) is 56.3 Å². The van der Waals surface area contributed by atoms with E-state index in [4.69, 9.17) is 11.6 Å². The molecule has 3 aromatic heterocycles. The van der Waals surface area contributed by atoms with Gasteiger partial charge in [-0.15, -0.1) is 0 Å². The number of amides is 1. The van der Waals surface area contributed by atoms with Crippen molar-refractivity contribution in [2.45, 2.75) is 13.8 Å². The number of hydrogen-bond donors (Lipinski definition) is 3. The van der Waals surface area contributed by atoms with E-state index in [-0.39, 0.29) is 5.91 Å². The minimum atomic E-state index is -0.251. The highest BCUT2D eigenvalue weighted by Gasteiger charge is 2.09. The normalized spacial score (nSPS) is 10.5. The summed E-state index contributed by atoms with van der Waals surface area (Å²) in [4.78, 5) is 25.3. The summed E-state index contributed by atoms with van der Waals surface area (Å²) in [5.74, 6) is 0.326. The molecule has 4 rings (SSSR count). The zero-order valence-corrected chi connectivity index (χ0v) is 18.3. The summed E-state index contributed by atoms with van der Waals surface area (Å²) in [6.45, 7) is 3.81. The number of carbonyl (C=O) groups excluding carboxylic acids is 1. The van der Waals surface area contributed by atoms with Crippen molar-refractivity contribution < 1.29 is 4.79 Å². The molecule has 1 aromatic carbocycles. The SMILES string of the molecule is Cc1cc(Nc2cccc(NC(=O)c3ccc(Nc4cc(C)ncc4Cl)nc3)c2)ccn1. The van der Waals surface area contributed by atoms with E-state index < -0.39 is 0 Å². The van der Waals surface area contributed by atoms with Crippen LogP contribution in [-0.2, 0) is 0 Å². The number of hydrogen-bond acceptors (Lipinski definition) is 6. The van der Waals surface area contributed by atoms with Gasteiger partial charge in [0.05, 0.1) is 16.3 Å². The van der Waals surface area contributed by atoms with Crippen molar-refractivity contribution >= 4 is 46.1 Å². The minimum Gasteiger partial charge on any atom is -0.355 e. The number of benzene rings is 1. The molecule has 8 heteroatoms. The zero-order chi connectivity index (χ0) is 22.5. The fourth-order valence-electron chi connectivity index (χ4n) is 3.05. The monoisotopic (exact) mass is 444 g/mol. The van der Waals surface area contributed by atoms with E-state index >= 15 is 0 Å². The highest BCUT2D eigenvalue weighted by molar-refractivity contribution is 6.33. The lowest BCUT2D eigenvalue weighted by atomic mass is 10.2. The molecule has 0 fully saturated rings. The Morgan fingerprint density at radius 1 is 0.812 bits per heavy atom. The molecule has 0 aliphatic rings. The van der Waals surface area contributed by atoms with Gasteiger partial charge in [0.2, 0.25) is 0 Å². The molecule has 0 bridgehead atoms. The first-order valence-electron chi connectivity index (χ1n) is 9.92. The summed E-state index contributed by atoms with van der Waals surface area (Å²) in [5, 5.41) is 9.84. The lowest BCUT2D eigenvalue weighted by Crippen LogP contribution is -2.12. The topological polar surface area (TPSA) is 91.8 Å². The first kappa shape index (κ1) is 21.3. The molecular weight excluding hydrogens is 424 g/mol. The van der Waals surface area contributed by atoms with Gasteiger partial charge in [-0.1, -0.05) is 17.7 Å². The van der Waals surface area contributed by atoms with Gasteiger partial charge < -0.3 is 16.0 Å². The van der Waals surface area contributed by atoms with Crippen molar-refractivity contribution in [2.75, 3.05) is 16.0 Å². The van der Waals surface area contributed by atoms with Crippen LogP contribution in [0.2, 0.25) is 5.02 Å². The molecule has 0 aliphatic heterocycles. The van der Waals surface area contributed by atoms with Crippen LogP contribution in [0.1, 0.15) is 21.7 Å². The number of carbonyl (C=O) groups is 1. The molecule has 4 aromatic rings. The third-order valence-corrected chi connectivity index (χ3v) is 4.89. The number of anilines is 5. The van der Waals surface area contributed by atoms with Crippen molar-refractivity contribution in [1.82, 2.24) is 15.0 Å². The van der Waals surface area contributed by atoms with Gasteiger partial charge in [-0.2, -0.15) is 0 Å². The van der Waals surface area contributed by atoms with Crippen LogP contribution in [0.15, 0.2) is 73.2 Å². The van der Waals surface area contributed by atoms with Crippen LogP contribution < -0.4 is 16.0 Å². The third-order valence-electron chi connectivity index (χ3n) is 4.59. The number of pyridine rings is 3. The Hall–Kier alpha value is -3.97. The molecule has 32 heavy (non-hydrogen) atoms. The molecule has 7 nitrogen and oxygen atoms in total. The van der Waals surface area contributed by atoms with Crippen LogP contribution in [0.3, 0.4) is 0 Å². The van der Waals surface area contributed by atoms with E-state index in [1.54, 1.807) is 24.5 Å². The fraction of sp³-hybridized carbons (Fsp3) is 0.0833. The van der Waals surface area contributed by atoms with Crippen molar-refractivity contribution in [1.29, 1.82) is 0 Å². The molecule has 0 spiro atoms. The summed E-state index contributed by atoms with van der Waals surface area (Å²) in [7, 11) is 0. The predicted molar refractivity (Wildman–Crippen MR) is 128 cm³/mol. The molecule has 0 radical (unpaired) electrons. The Labute approximate surface area is 190 Å². The van der Waals surface area contributed by atoms with Gasteiger partial charge in [0, 0.05) is 47.0 Å². The van der Waals surface area contributed by atoms with E-state index in [0.717, 1.165) is 22.8 Å². The maximum Gasteiger partial charge on any atom is 0.257 e. The molecule has 3 heterocycles. The van der Waals surface area contributed by atoms with E-state index in [9.17, 15) is 4.79 Å². The Balaban J connectivity index is 1.42. The van der Waals surface area contributed by atoms with Gasteiger partial charge in [-0.05, 0) is 62.4 Å². The third kappa shape index (κ3) is 5.39. The van der Waals surface area contributed by atoms with Crippen LogP contribution in [0, 0.1) is 13.8 Å². The number of aromatic nitrogens is 3. The van der Waals surface area contributed by atoms with Gasteiger partial charge in [0.15, 0.2) is 0 Å². The molecular formula is C24H21ClN6O. The van der Waals surface area contributed by atoms with Gasteiger partial charge in [-0.3, -0.25) is 14.8 Å². The molecule has 0 saturated carbocycles. The second-order valence-electron chi connectivity index (χ2n) is 7.21. The average molecular weight is 445 g/mol. The summed E-state index contributed by atoms with van der Waals surface area (Å²) < 4.78 is 0. The summed E-state index contributed by atoms with van der Waals surface area (Å²) >= 11 is 6.16. The van der Waals surface area contributed by atoms with E-state index in [2.05, 4.69) is 30.9 Å². The van der Waals surface area contributed by atoms with Crippen LogP contribution in [-0.4, -0.2) is 20.9 Å². The summed E-state index contributed by atoms with van der Waals surface area (Å²) in [6, 6.07) is 16.6. The molecule has 0 atom stereocenters. The maximum absolute atomic E-state index is 12.7. The smallest absolute Gasteiger partial charge is 0.257 e. The molecule has 160 valence electrons. The Morgan fingerprint density at radius 2 is 1.59 bits per heavy atom. The first-order chi connectivity index (χ1) is 15.5. The molecule has 3 N–H and O–H groups in total. The minimum absolute atomic E-state index is 0.251. The largest absolute Gasteiger partial charge is 0.355 e. The van der Waals surface area contributed by atoms with Crippen molar-refractivity contribution in [3.8, 4) is 0 Å². The van der Waals surface area contributed by atoms with E-state index in [0.29, 0.717) is 27.8 Å². The van der Waals surface area contributed by atoms with Crippen molar-refractivity contribution in [3.05, 3.63) is 95.2 Å². The molecule has 1 amide bonds. The van der Waals surface area contributed by atoms with Gasteiger partial charge in [0.25, 0.3) is 5.91 Å². The van der Waals surface area contributed by atoms with Gasteiger partial charge in [-0.25, -0.2) is 4.98 Å². The van der Waals surface area contributed by atoms with Gasteiger partial charge >= 0.3 is 0 Å². The second kappa shape index (κ2) is 9.45. The maximum atomic E-state index is 12.7. The Bertz CT molecular complexity index is 1260. The standard InChI is InChI=1S/C24H21ClN6O/c1-15-10-20(8-9-26-15)29-18-4-3-5-19(12-18)30-24(32)17-6-7-23(28-13-17)31-22-11-16(2)27-14-21(22)25/h3-14H,1-2H3,(H,26,29)(H,30,32)(H,27,28,31). The molecule has 0 saturated heterocycles. The number of aryl methyl sites for hydroxylation is 2. The molecule has 0 unspecified atom stereocenters. The fourth-order valence-corrected chi connectivity index (χ4v) is 3.20. The average Bonchev–Trinajstić information content (AvgIpc) is 2.77. The van der Waals surface area contributed by atoms with Gasteiger partial charge in [0.1, 0.15) is 5.82 Å².